The number of amides is 1. The highest BCUT2D eigenvalue weighted by Crippen LogP contribution is 2.23. The molecule has 29 heavy (non-hydrogen) atoms. The lowest BCUT2D eigenvalue weighted by Gasteiger charge is -2.14. The van der Waals surface area contributed by atoms with Gasteiger partial charge in [0.1, 0.15) is 5.03 Å². The monoisotopic (exact) mass is 407 g/mol. The number of hydrogen-bond acceptors (Lipinski definition) is 4. The Morgan fingerprint density at radius 2 is 1.69 bits per heavy atom. The van der Waals surface area contributed by atoms with Crippen molar-refractivity contribution in [3.8, 4) is 5.69 Å². The van der Waals surface area contributed by atoms with Crippen LogP contribution >= 0.6 is 11.8 Å². The van der Waals surface area contributed by atoms with Gasteiger partial charge in [-0.15, -0.1) is 0 Å². The summed E-state index contributed by atoms with van der Waals surface area (Å²) in [6.07, 6.45) is 0. The maximum atomic E-state index is 12.7. The Hall–Kier alpha value is -2.86. The molecule has 3 aromatic rings. The lowest BCUT2D eigenvalue weighted by molar-refractivity contribution is -0.115. The van der Waals surface area contributed by atoms with Gasteiger partial charge in [-0.2, -0.15) is 9.78 Å². The van der Waals surface area contributed by atoms with Crippen molar-refractivity contribution in [3.05, 3.63) is 81.1 Å². The summed E-state index contributed by atoms with van der Waals surface area (Å²) in [7, 11) is 0. The number of hydrogen-bond donors (Lipinski definition) is 1. The van der Waals surface area contributed by atoms with Crippen molar-refractivity contribution in [2.75, 3.05) is 5.32 Å². The first kappa shape index (κ1) is 20.9. The number of anilines is 1. The molecular weight excluding hydrogens is 382 g/mol. The molecule has 0 aliphatic heterocycles. The number of nitrogens with zero attached hydrogens (tertiary/aromatic N) is 2. The summed E-state index contributed by atoms with van der Waals surface area (Å²) in [5, 5.41) is 7.70. The molecule has 0 spiro atoms. The fourth-order valence-corrected chi connectivity index (χ4v) is 3.64. The molecule has 1 N–H and O–H groups in total. The SMILES string of the molecule is Cc1ccc(C)c(NC(=O)[C@H](C)Sc2ccc(=O)n(-c3ccc(C)c(C)c3)n2)c1. The summed E-state index contributed by atoms with van der Waals surface area (Å²) in [6.45, 7) is 9.82. The van der Waals surface area contributed by atoms with Crippen LogP contribution in [0.25, 0.3) is 5.69 Å². The summed E-state index contributed by atoms with van der Waals surface area (Å²) >= 11 is 1.32. The minimum atomic E-state index is -0.367. The van der Waals surface area contributed by atoms with E-state index in [1.165, 1.54) is 22.5 Å². The summed E-state index contributed by atoms with van der Waals surface area (Å²) in [5.74, 6) is -0.102. The van der Waals surface area contributed by atoms with Crippen molar-refractivity contribution in [1.82, 2.24) is 9.78 Å². The number of benzene rings is 2. The van der Waals surface area contributed by atoms with E-state index in [-0.39, 0.29) is 16.7 Å². The maximum Gasteiger partial charge on any atom is 0.271 e. The molecule has 0 unspecified atom stereocenters. The molecule has 0 saturated heterocycles. The van der Waals surface area contributed by atoms with Crippen LogP contribution in [0, 0.1) is 27.7 Å². The average Bonchev–Trinajstić information content (AvgIpc) is 2.68. The van der Waals surface area contributed by atoms with Gasteiger partial charge in [0.05, 0.1) is 10.9 Å². The summed E-state index contributed by atoms with van der Waals surface area (Å²) in [5.41, 5.74) is 5.68. The van der Waals surface area contributed by atoms with E-state index in [0.717, 1.165) is 27.9 Å². The number of aryl methyl sites for hydroxylation is 4. The predicted octanol–water partition coefficient (Wildman–Crippen LogP) is 4.59. The van der Waals surface area contributed by atoms with E-state index in [4.69, 9.17) is 0 Å². The van der Waals surface area contributed by atoms with Gasteiger partial charge in [0.25, 0.3) is 5.56 Å². The first-order valence-electron chi connectivity index (χ1n) is 9.47. The Balaban J connectivity index is 1.79. The van der Waals surface area contributed by atoms with Crippen LogP contribution in [0.2, 0.25) is 0 Å². The van der Waals surface area contributed by atoms with Crippen LogP contribution in [-0.2, 0) is 4.79 Å². The molecule has 0 fully saturated rings. The average molecular weight is 408 g/mol. The predicted molar refractivity (Wildman–Crippen MR) is 119 cm³/mol. The minimum absolute atomic E-state index is 0.102. The van der Waals surface area contributed by atoms with E-state index in [1.807, 2.05) is 71.0 Å². The third-order valence-corrected chi connectivity index (χ3v) is 5.86. The Morgan fingerprint density at radius 3 is 2.41 bits per heavy atom. The zero-order valence-electron chi connectivity index (χ0n) is 17.3. The number of rotatable bonds is 5. The zero-order chi connectivity index (χ0) is 21.1. The zero-order valence-corrected chi connectivity index (χ0v) is 18.1. The van der Waals surface area contributed by atoms with Crippen molar-refractivity contribution in [1.29, 1.82) is 0 Å². The topological polar surface area (TPSA) is 64.0 Å². The summed E-state index contributed by atoms with van der Waals surface area (Å²) in [6, 6.07) is 14.9. The standard InChI is InChI=1S/C23H25N3O2S/c1-14-6-7-16(3)20(12-14)24-23(28)18(5)29-21-10-11-22(27)26(25-21)19-9-8-15(2)17(4)13-19/h6-13,18H,1-5H3,(H,24,28)/t18-/m0/s1. The van der Waals surface area contributed by atoms with Crippen LogP contribution < -0.4 is 10.9 Å². The Morgan fingerprint density at radius 1 is 0.966 bits per heavy atom. The molecular formula is C23H25N3O2S. The number of carbonyl (C=O) groups excluding carboxylic acids is 1. The number of thioether (sulfide) groups is 1. The Labute approximate surface area is 175 Å². The van der Waals surface area contributed by atoms with E-state index < -0.39 is 0 Å². The van der Waals surface area contributed by atoms with Crippen LogP contribution in [0.15, 0.2) is 58.4 Å². The van der Waals surface area contributed by atoms with Crippen molar-refractivity contribution in [2.24, 2.45) is 0 Å². The number of aromatic nitrogens is 2. The van der Waals surface area contributed by atoms with E-state index in [0.29, 0.717) is 10.7 Å². The molecule has 2 aromatic carbocycles. The van der Waals surface area contributed by atoms with Crippen LogP contribution in [-0.4, -0.2) is 20.9 Å². The second kappa shape index (κ2) is 8.66. The fourth-order valence-electron chi connectivity index (χ4n) is 2.84. The molecule has 6 heteroatoms. The molecule has 0 bridgehead atoms. The molecule has 5 nitrogen and oxygen atoms in total. The normalized spacial score (nSPS) is 11.9. The van der Waals surface area contributed by atoms with Gasteiger partial charge in [0.2, 0.25) is 5.91 Å². The summed E-state index contributed by atoms with van der Waals surface area (Å²) < 4.78 is 1.38. The quantitative estimate of drug-likeness (QED) is 0.629. The largest absolute Gasteiger partial charge is 0.325 e. The Kier molecular flexibility index (Phi) is 6.23. The molecule has 0 saturated carbocycles. The molecule has 150 valence electrons. The van der Waals surface area contributed by atoms with Crippen LogP contribution in [0.4, 0.5) is 5.69 Å². The molecule has 3 rings (SSSR count). The van der Waals surface area contributed by atoms with Crippen LogP contribution in [0.3, 0.4) is 0 Å². The first-order valence-corrected chi connectivity index (χ1v) is 10.4. The van der Waals surface area contributed by atoms with Crippen LogP contribution in [0.1, 0.15) is 29.2 Å². The van der Waals surface area contributed by atoms with Crippen molar-refractivity contribution >= 4 is 23.4 Å². The number of nitrogens with one attached hydrogen (secondary N) is 1. The summed E-state index contributed by atoms with van der Waals surface area (Å²) in [4.78, 5) is 25.0. The highest BCUT2D eigenvalue weighted by molar-refractivity contribution is 8.00. The van der Waals surface area contributed by atoms with Gasteiger partial charge in [-0.05, 0) is 81.1 Å². The second-order valence-electron chi connectivity index (χ2n) is 7.26. The van der Waals surface area contributed by atoms with Gasteiger partial charge in [0.15, 0.2) is 0 Å². The molecule has 0 aliphatic carbocycles. The fraction of sp³-hybridized carbons (Fsp3) is 0.261. The lowest BCUT2D eigenvalue weighted by atomic mass is 10.1. The molecule has 1 heterocycles. The van der Waals surface area contributed by atoms with E-state index in [9.17, 15) is 9.59 Å². The van der Waals surface area contributed by atoms with Crippen molar-refractivity contribution < 1.29 is 4.79 Å². The van der Waals surface area contributed by atoms with Gasteiger partial charge in [-0.3, -0.25) is 9.59 Å². The third kappa shape index (κ3) is 4.95. The Bertz CT molecular complexity index is 1120. The highest BCUT2D eigenvalue weighted by Gasteiger charge is 2.17. The molecule has 1 atom stereocenters. The molecule has 1 aromatic heterocycles. The molecule has 1 amide bonds. The third-order valence-electron chi connectivity index (χ3n) is 4.83. The van der Waals surface area contributed by atoms with Crippen molar-refractivity contribution in [2.45, 2.75) is 44.9 Å². The van der Waals surface area contributed by atoms with Gasteiger partial charge < -0.3 is 5.32 Å². The number of carbonyl (C=O) groups is 1. The maximum absolute atomic E-state index is 12.7. The van der Waals surface area contributed by atoms with E-state index in [2.05, 4.69) is 10.4 Å². The minimum Gasteiger partial charge on any atom is -0.325 e. The molecule has 0 aliphatic rings. The second-order valence-corrected chi connectivity index (χ2v) is 8.62. The highest BCUT2D eigenvalue weighted by atomic mass is 32.2. The lowest BCUT2D eigenvalue weighted by Crippen LogP contribution is -2.24. The smallest absolute Gasteiger partial charge is 0.271 e. The van der Waals surface area contributed by atoms with Gasteiger partial charge in [-0.1, -0.05) is 30.0 Å². The van der Waals surface area contributed by atoms with Crippen LogP contribution in [0.5, 0.6) is 0 Å². The van der Waals surface area contributed by atoms with Gasteiger partial charge in [0, 0.05) is 11.8 Å². The van der Waals surface area contributed by atoms with E-state index in [1.54, 1.807) is 6.07 Å². The van der Waals surface area contributed by atoms with Gasteiger partial charge in [-0.25, -0.2) is 0 Å². The van der Waals surface area contributed by atoms with Crippen molar-refractivity contribution in [3.63, 3.8) is 0 Å². The van der Waals surface area contributed by atoms with Gasteiger partial charge >= 0.3 is 0 Å². The van der Waals surface area contributed by atoms with E-state index >= 15 is 0 Å². The first-order chi connectivity index (χ1) is 13.7. The molecule has 0 radical (unpaired) electrons.